The molecule has 0 aromatic heterocycles. The molecule has 4 heteroatoms. The quantitative estimate of drug-likeness (QED) is 0.901. The average molecular weight is 335 g/mol. The summed E-state index contributed by atoms with van der Waals surface area (Å²) in [7, 11) is 0. The summed E-state index contributed by atoms with van der Waals surface area (Å²) in [4.78, 5) is 5.20. The zero-order valence-electron chi connectivity index (χ0n) is 13.1. The molecular formula is C18H23ClN2S. The molecular weight excluding hydrogens is 312 g/mol. The minimum atomic E-state index is 0. The van der Waals surface area contributed by atoms with E-state index in [-0.39, 0.29) is 12.4 Å². The molecule has 3 rings (SSSR count). The van der Waals surface area contributed by atoms with Gasteiger partial charge in [-0.25, -0.2) is 0 Å². The summed E-state index contributed by atoms with van der Waals surface area (Å²) < 4.78 is 0. The van der Waals surface area contributed by atoms with Crippen molar-refractivity contribution < 1.29 is 0 Å². The summed E-state index contributed by atoms with van der Waals surface area (Å²) in [6, 6.07) is 15.5. The lowest BCUT2D eigenvalue weighted by Gasteiger charge is -2.31. The summed E-state index contributed by atoms with van der Waals surface area (Å²) in [6.45, 7) is 8.67. The topological polar surface area (TPSA) is 15.3 Å². The highest BCUT2D eigenvalue weighted by Crippen LogP contribution is 2.37. The molecule has 2 aromatic carbocycles. The van der Waals surface area contributed by atoms with E-state index < -0.39 is 0 Å². The molecule has 0 atom stereocenters. The fourth-order valence-corrected chi connectivity index (χ4v) is 3.81. The molecule has 1 heterocycles. The van der Waals surface area contributed by atoms with Gasteiger partial charge in [0.25, 0.3) is 0 Å². The Morgan fingerprint density at radius 3 is 2.45 bits per heavy atom. The van der Waals surface area contributed by atoms with Crippen LogP contribution in [0, 0.1) is 13.8 Å². The van der Waals surface area contributed by atoms with Crippen molar-refractivity contribution in [3.8, 4) is 0 Å². The van der Waals surface area contributed by atoms with Gasteiger partial charge in [-0.1, -0.05) is 36.0 Å². The van der Waals surface area contributed by atoms with Gasteiger partial charge < -0.3 is 10.2 Å². The summed E-state index contributed by atoms with van der Waals surface area (Å²) in [5.41, 5.74) is 4.04. The lowest BCUT2D eigenvalue weighted by atomic mass is 10.2. The lowest BCUT2D eigenvalue weighted by molar-refractivity contribution is 0.587. The van der Waals surface area contributed by atoms with E-state index in [2.05, 4.69) is 66.5 Å². The van der Waals surface area contributed by atoms with E-state index in [1.807, 2.05) is 11.8 Å². The summed E-state index contributed by atoms with van der Waals surface area (Å²) in [6.07, 6.45) is 0. The second kappa shape index (κ2) is 7.91. The molecule has 1 aliphatic heterocycles. The number of anilines is 1. The molecule has 0 bridgehead atoms. The number of halogens is 1. The highest BCUT2D eigenvalue weighted by Gasteiger charge is 2.14. The van der Waals surface area contributed by atoms with Gasteiger partial charge in [-0.3, -0.25) is 0 Å². The Kier molecular flexibility index (Phi) is 6.18. The van der Waals surface area contributed by atoms with Gasteiger partial charge in [0.05, 0.1) is 5.69 Å². The molecule has 0 amide bonds. The Labute approximate surface area is 143 Å². The third-order valence-electron chi connectivity index (χ3n) is 3.89. The summed E-state index contributed by atoms with van der Waals surface area (Å²) >= 11 is 1.89. The van der Waals surface area contributed by atoms with Gasteiger partial charge in [0, 0.05) is 36.0 Å². The van der Waals surface area contributed by atoms with E-state index in [0.717, 1.165) is 26.2 Å². The van der Waals surface area contributed by atoms with Crippen LogP contribution in [0.1, 0.15) is 11.1 Å². The van der Waals surface area contributed by atoms with E-state index in [9.17, 15) is 0 Å². The van der Waals surface area contributed by atoms with Crippen molar-refractivity contribution >= 4 is 29.9 Å². The SMILES string of the molecule is Cc1ccc(C)c(Sc2ccccc2N2CCNCC2)c1.Cl. The first kappa shape index (κ1) is 17.2. The van der Waals surface area contributed by atoms with Crippen LogP contribution in [0.25, 0.3) is 0 Å². The van der Waals surface area contributed by atoms with Crippen molar-refractivity contribution in [3.05, 3.63) is 53.6 Å². The standard InChI is InChI=1S/C18H22N2S.ClH/c1-14-7-8-15(2)18(13-14)21-17-6-4-3-5-16(17)20-11-9-19-10-12-20;/h3-8,13,19H,9-12H2,1-2H3;1H. The van der Waals surface area contributed by atoms with Crippen molar-refractivity contribution in [1.29, 1.82) is 0 Å². The van der Waals surface area contributed by atoms with Gasteiger partial charge in [0.1, 0.15) is 0 Å². The Morgan fingerprint density at radius 1 is 0.955 bits per heavy atom. The number of nitrogens with one attached hydrogen (secondary N) is 1. The van der Waals surface area contributed by atoms with Gasteiger partial charge in [-0.2, -0.15) is 0 Å². The van der Waals surface area contributed by atoms with Crippen LogP contribution in [0.2, 0.25) is 0 Å². The molecule has 2 aromatic rings. The van der Waals surface area contributed by atoms with E-state index in [1.165, 1.54) is 26.6 Å². The largest absolute Gasteiger partial charge is 0.368 e. The number of piperazine rings is 1. The average Bonchev–Trinajstić information content (AvgIpc) is 2.52. The number of nitrogens with zero attached hydrogens (tertiary/aromatic N) is 1. The molecule has 1 saturated heterocycles. The van der Waals surface area contributed by atoms with Gasteiger partial charge in [-0.15, -0.1) is 12.4 Å². The Bertz CT molecular complexity index is 624. The van der Waals surface area contributed by atoms with Crippen LogP contribution >= 0.6 is 24.2 Å². The van der Waals surface area contributed by atoms with E-state index in [0.29, 0.717) is 0 Å². The number of benzene rings is 2. The molecule has 0 aliphatic carbocycles. The third-order valence-corrected chi connectivity index (χ3v) is 5.11. The van der Waals surface area contributed by atoms with Crippen molar-refractivity contribution in [1.82, 2.24) is 5.32 Å². The number of para-hydroxylation sites is 1. The molecule has 22 heavy (non-hydrogen) atoms. The maximum Gasteiger partial charge on any atom is 0.0508 e. The Morgan fingerprint density at radius 2 is 1.68 bits per heavy atom. The molecule has 1 N–H and O–H groups in total. The fourth-order valence-electron chi connectivity index (χ4n) is 2.65. The van der Waals surface area contributed by atoms with Crippen LogP contribution in [0.15, 0.2) is 52.3 Å². The molecule has 118 valence electrons. The molecule has 0 spiro atoms. The minimum absolute atomic E-state index is 0. The molecule has 0 unspecified atom stereocenters. The first-order valence-corrected chi connectivity index (χ1v) is 8.35. The number of aryl methyl sites for hydroxylation is 2. The minimum Gasteiger partial charge on any atom is -0.368 e. The van der Waals surface area contributed by atoms with Crippen LogP contribution < -0.4 is 10.2 Å². The summed E-state index contributed by atoms with van der Waals surface area (Å²) in [5.74, 6) is 0. The maximum absolute atomic E-state index is 3.42. The Hall–Kier alpha value is -1.16. The Balaban J connectivity index is 0.00000176. The van der Waals surface area contributed by atoms with Crippen LogP contribution in [-0.2, 0) is 0 Å². The second-order valence-electron chi connectivity index (χ2n) is 5.58. The zero-order chi connectivity index (χ0) is 14.7. The van der Waals surface area contributed by atoms with Gasteiger partial charge in [0.15, 0.2) is 0 Å². The number of rotatable bonds is 3. The van der Waals surface area contributed by atoms with Crippen molar-refractivity contribution in [3.63, 3.8) is 0 Å². The normalized spacial score (nSPS) is 14.5. The lowest BCUT2D eigenvalue weighted by Crippen LogP contribution is -2.43. The van der Waals surface area contributed by atoms with E-state index in [1.54, 1.807) is 0 Å². The first-order chi connectivity index (χ1) is 10.2. The van der Waals surface area contributed by atoms with Crippen molar-refractivity contribution in [2.75, 3.05) is 31.1 Å². The highest BCUT2D eigenvalue weighted by molar-refractivity contribution is 7.99. The predicted octanol–water partition coefficient (Wildman–Crippen LogP) is 4.29. The van der Waals surface area contributed by atoms with Gasteiger partial charge >= 0.3 is 0 Å². The van der Waals surface area contributed by atoms with E-state index in [4.69, 9.17) is 0 Å². The molecule has 2 nitrogen and oxygen atoms in total. The first-order valence-electron chi connectivity index (χ1n) is 7.54. The number of hydrogen-bond acceptors (Lipinski definition) is 3. The third kappa shape index (κ3) is 3.97. The molecule has 1 fully saturated rings. The highest BCUT2D eigenvalue weighted by atomic mass is 35.5. The zero-order valence-corrected chi connectivity index (χ0v) is 14.8. The fraction of sp³-hybridized carbons (Fsp3) is 0.333. The monoisotopic (exact) mass is 334 g/mol. The van der Waals surface area contributed by atoms with Crippen LogP contribution in [0.3, 0.4) is 0 Å². The molecule has 0 saturated carbocycles. The smallest absolute Gasteiger partial charge is 0.0508 e. The van der Waals surface area contributed by atoms with Crippen molar-refractivity contribution in [2.24, 2.45) is 0 Å². The maximum atomic E-state index is 3.42. The van der Waals surface area contributed by atoms with Crippen LogP contribution in [-0.4, -0.2) is 26.2 Å². The molecule has 0 radical (unpaired) electrons. The van der Waals surface area contributed by atoms with Crippen LogP contribution in [0.4, 0.5) is 5.69 Å². The van der Waals surface area contributed by atoms with Gasteiger partial charge in [0.2, 0.25) is 0 Å². The van der Waals surface area contributed by atoms with Crippen LogP contribution in [0.5, 0.6) is 0 Å². The molecule has 1 aliphatic rings. The second-order valence-corrected chi connectivity index (χ2v) is 6.66. The number of hydrogen-bond donors (Lipinski definition) is 1. The van der Waals surface area contributed by atoms with E-state index >= 15 is 0 Å². The predicted molar refractivity (Wildman–Crippen MR) is 98.8 cm³/mol. The van der Waals surface area contributed by atoms with Gasteiger partial charge in [-0.05, 0) is 43.2 Å². The van der Waals surface area contributed by atoms with Crippen molar-refractivity contribution in [2.45, 2.75) is 23.6 Å². The summed E-state index contributed by atoms with van der Waals surface area (Å²) in [5, 5.41) is 3.42.